The van der Waals surface area contributed by atoms with E-state index in [4.69, 9.17) is 0 Å². The standard InChI is InChI=1S/C16H28N4O3S/c1-16(2,3)11-24(22,23)18-9-12-6-7-14(21)20(5)15(12)13-8-17-19(4)10-13/h8,10,12,15,18H,6-7,9,11H2,1-5H3/t12-,15+/m1/s1. The summed E-state index contributed by atoms with van der Waals surface area (Å²) in [6, 6.07) is -0.155. The van der Waals surface area contributed by atoms with Crippen LogP contribution in [0.1, 0.15) is 45.2 Å². The van der Waals surface area contributed by atoms with Crippen LogP contribution < -0.4 is 4.72 Å². The fraction of sp³-hybridized carbons (Fsp3) is 0.750. The van der Waals surface area contributed by atoms with E-state index in [0.29, 0.717) is 19.4 Å². The highest BCUT2D eigenvalue weighted by atomic mass is 32.2. The van der Waals surface area contributed by atoms with Gasteiger partial charge in [0.15, 0.2) is 0 Å². The molecule has 2 rings (SSSR count). The molecule has 1 aliphatic rings. The summed E-state index contributed by atoms with van der Waals surface area (Å²) in [4.78, 5) is 13.8. The zero-order valence-corrected chi connectivity index (χ0v) is 15.9. The summed E-state index contributed by atoms with van der Waals surface area (Å²) in [6.45, 7) is 6.03. The number of hydrogen-bond acceptors (Lipinski definition) is 4. The van der Waals surface area contributed by atoms with Crippen LogP contribution in [-0.2, 0) is 21.9 Å². The van der Waals surface area contributed by atoms with E-state index in [1.54, 1.807) is 22.8 Å². The highest BCUT2D eigenvalue weighted by molar-refractivity contribution is 7.89. The van der Waals surface area contributed by atoms with Crippen LogP contribution in [0.15, 0.2) is 12.4 Å². The van der Waals surface area contributed by atoms with Gasteiger partial charge in [-0.05, 0) is 17.8 Å². The second kappa shape index (κ2) is 6.84. The Labute approximate surface area is 144 Å². The predicted molar refractivity (Wildman–Crippen MR) is 92.7 cm³/mol. The van der Waals surface area contributed by atoms with Crippen molar-refractivity contribution in [1.29, 1.82) is 0 Å². The van der Waals surface area contributed by atoms with Crippen molar-refractivity contribution in [2.75, 3.05) is 19.3 Å². The van der Waals surface area contributed by atoms with Crippen LogP contribution in [-0.4, -0.2) is 48.4 Å². The third-order valence-corrected chi connectivity index (χ3v) is 6.09. The van der Waals surface area contributed by atoms with E-state index in [0.717, 1.165) is 5.56 Å². The molecule has 0 aliphatic carbocycles. The van der Waals surface area contributed by atoms with E-state index in [1.165, 1.54) is 0 Å². The molecule has 2 heterocycles. The largest absolute Gasteiger partial charge is 0.338 e. The average Bonchev–Trinajstić information content (AvgIpc) is 2.83. The fourth-order valence-electron chi connectivity index (χ4n) is 3.27. The maximum atomic E-state index is 12.3. The number of rotatable bonds is 5. The van der Waals surface area contributed by atoms with E-state index in [9.17, 15) is 13.2 Å². The van der Waals surface area contributed by atoms with Gasteiger partial charge in [0.2, 0.25) is 15.9 Å². The summed E-state index contributed by atoms with van der Waals surface area (Å²) >= 11 is 0. The Balaban J connectivity index is 2.13. The van der Waals surface area contributed by atoms with E-state index < -0.39 is 10.0 Å². The van der Waals surface area contributed by atoms with E-state index in [1.807, 2.05) is 34.0 Å². The van der Waals surface area contributed by atoms with Gasteiger partial charge < -0.3 is 4.90 Å². The van der Waals surface area contributed by atoms with Gasteiger partial charge in [-0.15, -0.1) is 0 Å². The normalized spacial score (nSPS) is 22.9. The zero-order chi connectivity index (χ0) is 18.1. The summed E-state index contributed by atoms with van der Waals surface area (Å²) in [5.41, 5.74) is 0.640. The number of aryl methyl sites for hydroxylation is 1. The first-order valence-corrected chi connectivity index (χ1v) is 9.85. The lowest BCUT2D eigenvalue weighted by molar-refractivity contribution is -0.136. The molecule has 136 valence electrons. The minimum Gasteiger partial charge on any atom is -0.338 e. The first-order chi connectivity index (χ1) is 11.0. The molecule has 1 amide bonds. The van der Waals surface area contributed by atoms with Crippen LogP contribution >= 0.6 is 0 Å². The van der Waals surface area contributed by atoms with Crippen molar-refractivity contribution in [1.82, 2.24) is 19.4 Å². The van der Waals surface area contributed by atoms with Crippen molar-refractivity contribution < 1.29 is 13.2 Å². The zero-order valence-electron chi connectivity index (χ0n) is 15.1. The van der Waals surface area contributed by atoms with Crippen molar-refractivity contribution in [3.05, 3.63) is 18.0 Å². The molecule has 1 N–H and O–H groups in total. The molecular formula is C16H28N4O3S. The molecule has 0 spiro atoms. The molecule has 2 atom stereocenters. The lowest BCUT2D eigenvalue weighted by Crippen LogP contribution is -2.45. The van der Waals surface area contributed by atoms with Crippen molar-refractivity contribution in [3.63, 3.8) is 0 Å². The summed E-state index contributed by atoms with van der Waals surface area (Å²) in [7, 11) is 0.258. The number of piperidine rings is 1. The Bertz CT molecular complexity index is 690. The Kier molecular flexibility index (Phi) is 5.39. The number of aromatic nitrogens is 2. The molecule has 1 aliphatic heterocycles. The molecule has 7 nitrogen and oxygen atoms in total. The van der Waals surface area contributed by atoms with E-state index in [2.05, 4.69) is 9.82 Å². The number of nitrogens with one attached hydrogen (secondary N) is 1. The Hall–Kier alpha value is -1.41. The second-order valence-corrected chi connectivity index (χ2v) is 9.67. The molecule has 1 aromatic rings. The van der Waals surface area contributed by atoms with Crippen molar-refractivity contribution in [3.8, 4) is 0 Å². The van der Waals surface area contributed by atoms with Gasteiger partial charge in [0.05, 0.1) is 18.0 Å². The van der Waals surface area contributed by atoms with Gasteiger partial charge in [-0.1, -0.05) is 20.8 Å². The van der Waals surface area contributed by atoms with Gasteiger partial charge in [0, 0.05) is 38.8 Å². The topological polar surface area (TPSA) is 84.3 Å². The number of carbonyl (C=O) groups is 1. The third-order valence-electron chi connectivity index (χ3n) is 4.24. The Morgan fingerprint density at radius 3 is 2.54 bits per heavy atom. The third kappa shape index (κ3) is 4.80. The lowest BCUT2D eigenvalue weighted by atomic mass is 9.86. The van der Waals surface area contributed by atoms with Crippen LogP contribution in [0.4, 0.5) is 0 Å². The summed E-state index contributed by atoms with van der Waals surface area (Å²) in [5, 5.41) is 4.18. The average molecular weight is 356 g/mol. The molecule has 1 saturated heterocycles. The van der Waals surface area contributed by atoms with Crippen LogP contribution in [0.25, 0.3) is 0 Å². The van der Waals surface area contributed by atoms with Crippen molar-refractivity contribution >= 4 is 15.9 Å². The van der Waals surface area contributed by atoms with Crippen LogP contribution in [0.3, 0.4) is 0 Å². The van der Waals surface area contributed by atoms with Crippen LogP contribution in [0.2, 0.25) is 0 Å². The minimum absolute atomic E-state index is 0.0339. The Morgan fingerprint density at radius 2 is 2.00 bits per heavy atom. The van der Waals surface area contributed by atoms with Gasteiger partial charge in [-0.3, -0.25) is 9.48 Å². The molecule has 1 aromatic heterocycles. The quantitative estimate of drug-likeness (QED) is 0.862. The first kappa shape index (κ1) is 18.9. The number of hydrogen-bond donors (Lipinski definition) is 1. The SMILES string of the molecule is CN1C(=O)CC[C@H](CNS(=O)(=O)CC(C)(C)C)[C@H]1c1cnn(C)c1. The second-order valence-electron chi connectivity index (χ2n) is 7.86. The maximum Gasteiger partial charge on any atom is 0.222 e. The molecule has 0 saturated carbocycles. The lowest BCUT2D eigenvalue weighted by Gasteiger charge is -2.38. The van der Waals surface area contributed by atoms with Crippen molar-refractivity contribution in [2.45, 2.75) is 39.7 Å². The molecule has 8 heteroatoms. The summed E-state index contributed by atoms with van der Waals surface area (Å²) in [6.07, 6.45) is 4.74. The minimum atomic E-state index is -3.34. The number of likely N-dealkylation sites (tertiary alicyclic amines) is 1. The van der Waals surface area contributed by atoms with Gasteiger partial charge >= 0.3 is 0 Å². The number of sulfonamides is 1. The first-order valence-electron chi connectivity index (χ1n) is 8.20. The van der Waals surface area contributed by atoms with Crippen molar-refractivity contribution in [2.24, 2.45) is 18.4 Å². The molecular weight excluding hydrogens is 328 g/mol. The molecule has 1 fully saturated rings. The maximum absolute atomic E-state index is 12.3. The van der Waals surface area contributed by atoms with Gasteiger partial charge in [0.25, 0.3) is 0 Å². The predicted octanol–water partition coefficient (Wildman–Crippen LogP) is 1.30. The monoisotopic (exact) mass is 356 g/mol. The highest BCUT2D eigenvalue weighted by Gasteiger charge is 2.36. The highest BCUT2D eigenvalue weighted by Crippen LogP contribution is 2.35. The summed E-state index contributed by atoms with van der Waals surface area (Å²) in [5.74, 6) is 0.197. The van der Waals surface area contributed by atoms with Crippen LogP contribution in [0, 0.1) is 11.3 Å². The number of amides is 1. The molecule has 0 aromatic carbocycles. The van der Waals surface area contributed by atoms with E-state index in [-0.39, 0.29) is 29.0 Å². The van der Waals surface area contributed by atoms with E-state index >= 15 is 0 Å². The van der Waals surface area contributed by atoms with Gasteiger partial charge in [-0.2, -0.15) is 5.10 Å². The number of nitrogens with zero attached hydrogens (tertiary/aromatic N) is 3. The molecule has 0 unspecified atom stereocenters. The Morgan fingerprint density at radius 1 is 1.33 bits per heavy atom. The molecule has 0 bridgehead atoms. The summed E-state index contributed by atoms with van der Waals surface area (Å²) < 4.78 is 29.0. The van der Waals surface area contributed by atoms with Gasteiger partial charge in [-0.25, -0.2) is 13.1 Å². The smallest absolute Gasteiger partial charge is 0.222 e. The van der Waals surface area contributed by atoms with Crippen LogP contribution in [0.5, 0.6) is 0 Å². The molecule has 24 heavy (non-hydrogen) atoms. The fourth-order valence-corrected chi connectivity index (χ4v) is 4.98. The molecule has 0 radical (unpaired) electrons. The van der Waals surface area contributed by atoms with Gasteiger partial charge in [0.1, 0.15) is 0 Å². The number of carbonyl (C=O) groups excluding carboxylic acids is 1.